The number of rotatable bonds is 12. The van der Waals surface area contributed by atoms with Gasteiger partial charge in [0.1, 0.15) is 12.4 Å². The summed E-state index contributed by atoms with van der Waals surface area (Å²) in [4.78, 5) is 24.8. The summed E-state index contributed by atoms with van der Waals surface area (Å²) < 4.78 is 13.2. The highest BCUT2D eigenvalue weighted by Gasteiger charge is 2.10. The molecule has 3 rings (SSSR count). The number of unbranched alkanes of at least 4 members (excludes halogenated alkanes) is 1. The molecule has 0 fully saturated rings. The van der Waals surface area contributed by atoms with Crippen molar-refractivity contribution in [2.45, 2.75) is 12.8 Å². The molecule has 0 atom stereocenters. The first kappa shape index (κ1) is 25.1. The van der Waals surface area contributed by atoms with E-state index in [9.17, 15) is 9.59 Å². The molecule has 3 aromatic carbocycles. The van der Waals surface area contributed by atoms with E-state index in [0.29, 0.717) is 30.1 Å². The highest BCUT2D eigenvalue weighted by Crippen LogP contribution is 2.22. The van der Waals surface area contributed by atoms with Crippen LogP contribution in [0.15, 0.2) is 93.9 Å². The SMILES string of the molecule is O=C(/C=C(/OCCCCOCC(=O)c1ccccc1)c1cccc(Br)c1)c1cccc(Br)c1. The summed E-state index contributed by atoms with van der Waals surface area (Å²) in [5.41, 5.74) is 2.05. The monoisotopic (exact) mass is 570 g/mol. The maximum Gasteiger partial charge on any atom is 0.189 e. The van der Waals surface area contributed by atoms with Gasteiger partial charge >= 0.3 is 0 Å². The van der Waals surface area contributed by atoms with E-state index in [4.69, 9.17) is 9.47 Å². The third-order valence-electron chi connectivity index (χ3n) is 4.75. The normalized spacial score (nSPS) is 11.3. The lowest BCUT2D eigenvalue weighted by Crippen LogP contribution is -2.10. The standard InChI is InChI=1S/C27H24Br2O4/c28-23-12-6-10-21(16-23)25(30)18-27(22-11-7-13-24(29)17-22)33-15-5-4-14-32-19-26(31)20-8-2-1-3-9-20/h1-3,6-13,16-18H,4-5,14-15,19H2/b27-18+. The van der Waals surface area contributed by atoms with Crippen LogP contribution < -0.4 is 0 Å². The Hall–Kier alpha value is -2.54. The zero-order chi connectivity index (χ0) is 23.5. The molecule has 0 aliphatic heterocycles. The van der Waals surface area contributed by atoms with Gasteiger partial charge in [0.15, 0.2) is 11.6 Å². The molecular weight excluding hydrogens is 548 g/mol. The third-order valence-corrected chi connectivity index (χ3v) is 5.74. The first-order chi connectivity index (χ1) is 16.0. The van der Waals surface area contributed by atoms with Crippen LogP contribution in [0.4, 0.5) is 0 Å². The number of hydrogen-bond donors (Lipinski definition) is 0. The van der Waals surface area contributed by atoms with Gasteiger partial charge in [-0.15, -0.1) is 0 Å². The number of halogens is 2. The van der Waals surface area contributed by atoms with E-state index in [1.165, 1.54) is 6.08 Å². The number of allylic oxidation sites excluding steroid dienone is 1. The molecule has 0 saturated carbocycles. The smallest absolute Gasteiger partial charge is 0.189 e. The van der Waals surface area contributed by atoms with Crippen LogP contribution in [-0.2, 0) is 9.47 Å². The van der Waals surface area contributed by atoms with E-state index < -0.39 is 0 Å². The lowest BCUT2D eigenvalue weighted by molar-refractivity contribution is 0.0746. The summed E-state index contributed by atoms with van der Waals surface area (Å²) in [5, 5.41) is 0. The van der Waals surface area contributed by atoms with Crippen LogP contribution >= 0.6 is 31.9 Å². The van der Waals surface area contributed by atoms with Gasteiger partial charge in [0.2, 0.25) is 0 Å². The first-order valence-electron chi connectivity index (χ1n) is 10.6. The fraction of sp³-hybridized carbons (Fsp3) is 0.185. The van der Waals surface area contributed by atoms with Gasteiger partial charge in [-0.05, 0) is 37.1 Å². The molecule has 0 aromatic heterocycles. The summed E-state index contributed by atoms with van der Waals surface area (Å²) in [6.45, 7) is 0.962. The van der Waals surface area contributed by atoms with Crippen LogP contribution in [0.2, 0.25) is 0 Å². The van der Waals surface area contributed by atoms with Crippen molar-refractivity contribution in [2.75, 3.05) is 19.8 Å². The molecule has 0 aliphatic carbocycles. The maximum atomic E-state index is 12.8. The summed E-state index contributed by atoms with van der Waals surface area (Å²) in [5.74, 6) is 0.355. The molecule has 0 heterocycles. The molecule has 0 bridgehead atoms. The van der Waals surface area contributed by atoms with Crippen molar-refractivity contribution in [3.05, 3.63) is 111 Å². The molecule has 4 nitrogen and oxygen atoms in total. The number of ketones is 2. The fourth-order valence-corrected chi connectivity index (χ4v) is 3.85. The highest BCUT2D eigenvalue weighted by molar-refractivity contribution is 9.10. The van der Waals surface area contributed by atoms with Crippen LogP contribution in [0.25, 0.3) is 5.76 Å². The molecule has 0 N–H and O–H groups in total. The Bertz CT molecular complexity index is 1110. The summed E-state index contributed by atoms with van der Waals surface area (Å²) in [6, 6.07) is 24.0. The van der Waals surface area contributed by atoms with Gasteiger partial charge in [0, 0.05) is 38.3 Å². The number of ether oxygens (including phenoxy) is 2. The zero-order valence-electron chi connectivity index (χ0n) is 18.0. The second-order valence-electron chi connectivity index (χ2n) is 7.29. The average Bonchev–Trinajstić information content (AvgIpc) is 2.83. The summed E-state index contributed by atoms with van der Waals surface area (Å²) in [7, 11) is 0. The minimum Gasteiger partial charge on any atom is -0.493 e. The van der Waals surface area contributed by atoms with Crippen LogP contribution in [0.1, 0.15) is 39.1 Å². The van der Waals surface area contributed by atoms with E-state index in [2.05, 4.69) is 31.9 Å². The van der Waals surface area contributed by atoms with Crippen molar-refractivity contribution in [1.82, 2.24) is 0 Å². The lowest BCUT2D eigenvalue weighted by atomic mass is 10.1. The molecule has 170 valence electrons. The van der Waals surface area contributed by atoms with Gasteiger partial charge in [-0.2, -0.15) is 0 Å². The van der Waals surface area contributed by atoms with Gasteiger partial charge < -0.3 is 9.47 Å². The van der Waals surface area contributed by atoms with Gasteiger partial charge in [-0.3, -0.25) is 9.59 Å². The Balaban J connectivity index is 1.52. The first-order valence-corrected chi connectivity index (χ1v) is 12.2. The highest BCUT2D eigenvalue weighted by atomic mass is 79.9. The van der Waals surface area contributed by atoms with Crippen LogP contribution in [0, 0.1) is 0 Å². The topological polar surface area (TPSA) is 52.6 Å². The van der Waals surface area contributed by atoms with Crippen LogP contribution in [0.3, 0.4) is 0 Å². The van der Waals surface area contributed by atoms with E-state index >= 15 is 0 Å². The van der Waals surface area contributed by atoms with Crippen molar-refractivity contribution in [1.29, 1.82) is 0 Å². The quantitative estimate of drug-likeness (QED) is 0.100. The average molecular weight is 572 g/mol. The Morgan fingerprint density at radius 1 is 0.727 bits per heavy atom. The van der Waals surface area contributed by atoms with Gasteiger partial charge in [0.25, 0.3) is 0 Å². The Labute approximate surface area is 210 Å². The molecule has 3 aromatic rings. The Morgan fingerprint density at radius 2 is 1.33 bits per heavy atom. The van der Waals surface area contributed by atoms with Gasteiger partial charge in [0.05, 0.1) is 6.61 Å². The van der Waals surface area contributed by atoms with Crippen molar-refractivity contribution in [2.24, 2.45) is 0 Å². The molecule has 0 aliphatic rings. The van der Waals surface area contributed by atoms with Gasteiger partial charge in [-0.25, -0.2) is 0 Å². The van der Waals surface area contributed by atoms with Crippen LogP contribution in [-0.4, -0.2) is 31.4 Å². The largest absolute Gasteiger partial charge is 0.493 e. The molecule has 0 radical (unpaired) electrons. The second-order valence-corrected chi connectivity index (χ2v) is 9.12. The summed E-state index contributed by atoms with van der Waals surface area (Å²) in [6.07, 6.45) is 3.00. The number of Topliss-reactive ketones (excluding diaryl/α,β-unsaturated/α-hetero) is 1. The predicted octanol–water partition coefficient (Wildman–Crippen LogP) is 7.13. The molecule has 0 spiro atoms. The minimum absolute atomic E-state index is 0.0298. The number of hydrogen-bond acceptors (Lipinski definition) is 4. The molecular formula is C27H24Br2O4. The maximum absolute atomic E-state index is 12.8. The zero-order valence-corrected chi connectivity index (χ0v) is 21.2. The molecule has 0 amide bonds. The third kappa shape index (κ3) is 8.39. The van der Waals surface area contributed by atoms with Crippen molar-refractivity contribution < 1.29 is 19.1 Å². The summed E-state index contributed by atoms with van der Waals surface area (Å²) >= 11 is 6.87. The second kappa shape index (κ2) is 13.2. The molecule has 0 unspecified atom stereocenters. The molecule has 0 saturated heterocycles. The molecule has 6 heteroatoms. The van der Waals surface area contributed by atoms with Crippen molar-refractivity contribution in [3.63, 3.8) is 0 Å². The number of carbonyl (C=O) groups is 2. The Morgan fingerprint density at radius 3 is 2.03 bits per heavy atom. The van der Waals surface area contributed by atoms with E-state index in [-0.39, 0.29) is 18.2 Å². The predicted molar refractivity (Wildman–Crippen MR) is 137 cm³/mol. The van der Waals surface area contributed by atoms with E-state index in [0.717, 1.165) is 27.4 Å². The van der Waals surface area contributed by atoms with E-state index in [1.807, 2.05) is 54.6 Å². The molecule has 33 heavy (non-hydrogen) atoms. The van der Waals surface area contributed by atoms with Gasteiger partial charge in [-0.1, -0.05) is 86.5 Å². The number of carbonyl (C=O) groups excluding carboxylic acids is 2. The fourth-order valence-electron chi connectivity index (χ4n) is 3.05. The van der Waals surface area contributed by atoms with E-state index in [1.54, 1.807) is 24.3 Å². The number of benzene rings is 3. The lowest BCUT2D eigenvalue weighted by Gasteiger charge is -2.12. The Kier molecular flexibility index (Phi) is 10.1. The van der Waals surface area contributed by atoms with Crippen molar-refractivity contribution in [3.8, 4) is 0 Å². The van der Waals surface area contributed by atoms with Crippen LogP contribution in [0.5, 0.6) is 0 Å². The minimum atomic E-state index is -0.131. The van der Waals surface area contributed by atoms with Crippen molar-refractivity contribution >= 4 is 49.2 Å².